The topological polar surface area (TPSA) is 33.7 Å². The average molecular weight is 299 g/mol. The minimum Gasteiger partial charge on any atom is -0.494 e. The summed E-state index contributed by atoms with van der Waals surface area (Å²) < 4.78 is 11.4. The summed E-state index contributed by atoms with van der Waals surface area (Å²) in [5.74, 6) is 0.872. The minimum atomic E-state index is 0.311. The number of hydrogen-bond acceptors (Lipinski definition) is 4. The molecule has 20 heavy (non-hydrogen) atoms. The quantitative estimate of drug-likeness (QED) is 0.781. The number of benzene rings is 1. The van der Waals surface area contributed by atoms with Crippen LogP contribution in [0.2, 0.25) is 5.02 Å². The zero-order valence-corrected chi connectivity index (χ0v) is 12.7. The lowest BCUT2D eigenvalue weighted by Gasteiger charge is -2.27. The van der Waals surface area contributed by atoms with Crippen molar-refractivity contribution in [2.75, 3.05) is 46.4 Å². The van der Waals surface area contributed by atoms with Gasteiger partial charge in [0.15, 0.2) is 0 Å². The molecule has 0 saturated carbocycles. The average Bonchev–Trinajstić information content (AvgIpc) is 2.46. The first-order chi connectivity index (χ1) is 9.74. The van der Waals surface area contributed by atoms with Crippen molar-refractivity contribution >= 4 is 11.6 Å². The van der Waals surface area contributed by atoms with Gasteiger partial charge in [-0.3, -0.25) is 0 Å². The summed E-state index contributed by atoms with van der Waals surface area (Å²) in [4.78, 5) is 2.29. The van der Waals surface area contributed by atoms with Crippen LogP contribution in [0.3, 0.4) is 0 Å². The van der Waals surface area contributed by atoms with Crippen molar-refractivity contribution < 1.29 is 9.47 Å². The molecule has 1 saturated heterocycles. The Morgan fingerprint density at radius 1 is 1.40 bits per heavy atom. The van der Waals surface area contributed by atoms with Crippen LogP contribution < -0.4 is 10.1 Å². The maximum atomic E-state index is 5.83. The van der Waals surface area contributed by atoms with Gasteiger partial charge in [-0.1, -0.05) is 11.6 Å². The van der Waals surface area contributed by atoms with Gasteiger partial charge in [-0.05, 0) is 37.7 Å². The highest BCUT2D eigenvalue weighted by molar-refractivity contribution is 6.30. The van der Waals surface area contributed by atoms with E-state index >= 15 is 0 Å². The van der Waals surface area contributed by atoms with Gasteiger partial charge in [0.1, 0.15) is 5.75 Å². The Kier molecular flexibility index (Phi) is 6.60. The minimum absolute atomic E-state index is 0.311. The predicted molar refractivity (Wildman–Crippen MR) is 81.7 cm³/mol. The van der Waals surface area contributed by atoms with E-state index in [0.717, 1.165) is 56.6 Å². The van der Waals surface area contributed by atoms with Crippen LogP contribution in [0, 0.1) is 0 Å². The predicted octanol–water partition coefficient (Wildman–Crippen LogP) is 2.03. The highest BCUT2D eigenvalue weighted by Crippen LogP contribution is 2.15. The summed E-state index contributed by atoms with van der Waals surface area (Å²) in [6.07, 6.45) is 1.31. The molecule has 5 heteroatoms. The molecule has 0 aliphatic carbocycles. The van der Waals surface area contributed by atoms with Crippen LogP contribution in [0.5, 0.6) is 5.75 Å². The highest BCUT2D eigenvalue weighted by Gasteiger charge is 2.14. The Morgan fingerprint density at radius 3 is 2.90 bits per heavy atom. The Labute approximate surface area is 126 Å². The van der Waals surface area contributed by atoms with Crippen molar-refractivity contribution in [2.24, 2.45) is 0 Å². The van der Waals surface area contributed by atoms with Crippen LogP contribution in [-0.4, -0.2) is 57.4 Å². The zero-order valence-electron chi connectivity index (χ0n) is 12.0. The van der Waals surface area contributed by atoms with Gasteiger partial charge in [0.2, 0.25) is 0 Å². The van der Waals surface area contributed by atoms with Crippen molar-refractivity contribution in [3.8, 4) is 5.75 Å². The first-order valence-corrected chi connectivity index (χ1v) is 7.51. The molecule has 1 N–H and O–H groups in total. The lowest BCUT2D eigenvalue weighted by Crippen LogP contribution is -2.44. The summed E-state index contributed by atoms with van der Waals surface area (Å²) in [6, 6.07) is 7.48. The van der Waals surface area contributed by atoms with E-state index in [2.05, 4.69) is 17.3 Å². The first kappa shape index (κ1) is 15.6. The van der Waals surface area contributed by atoms with Gasteiger partial charge >= 0.3 is 0 Å². The van der Waals surface area contributed by atoms with E-state index in [1.54, 1.807) is 0 Å². The third-order valence-electron chi connectivity index (χ3n) is 3.29. The van der Waals surface area contributed by atoms with Crippen LogP contribution in [0.4, 0.5) is 0 Å². The highest BCUT2D eigenvalue weighted by atomic mass is 35.5. The van der Waals surface area contributed by atoms with Gasteiger partial charge < -0.3 is 19.7 Å². The molecule has 0 radical (unpaired) electrons. The molecular weight excluding hydrogens is 276 g/mol. The number of ether oxygens (including phenoxy) is 2. The lowest BCUT2D eigenvalue weighted by atomic mass is 10.3. The van der Waals surface area contributed by atoms with Crippen molar-refractivity contribution in [1.29, 1.82) is 0 Å². The van der Waals surface area contributed by atoms with Crippen LogP contribution >= 0.6 is 11.6 Å². The number of nitrogens with one attached hydrogen (secondary N) is 1. The molecule has 1 atom stereocenters. The first-order valence-electron chi connectivity index (χ1n) is 7.13. The molecule has 1 aromatic carbocycles. The number of rotatable bonds is 7. The normalized spacial score (nSPS) is 19.2. The van der Waals surface area contributed by atoms with Crippen molar-refractivity contribution in [3.63, 3.8) is 0 Å². The molecule has 1 fully saturated rings. The van der Waals surface area contributed by atoms with Crippen LogP contribution in [0.1, 0.15) is 6.42 Å². The van der Waals surface area contributed by atoms with Gasteiger partial charge in [-0.15, -0.1) is 0 Å². The van der Waals surface area contributed by atoms with E-state index in [0.29, 0.717) is 6.10 Å². The van der Waals surface area contributed by atoms with Gasteiger partial charge in [0.25, 0.3) is 0 Å². The van der Waals surface area contributed by atoms with Crippen molar-refractivity contribution in [3.05, 3.63) is 29.3 Å². The lowest BCUT2D eigenvalue weighted by molar-refractivity contribution is 0.00950. The van der Waals surface area contributed by atoms with E-state index in [1.807, 2.05) is 24.3 Å². The van der Waals surface area contributed by atoms with Crippen molar-refractivity contribution in [1.82, 2.24) is 10.2 Å². The van der Waals surface area contributed by atoms with Crippen LogP contribution in [-0.2, 0) is 4.74 Å². The molecule has 1 heterocycles. The zero-order chi connectivity index (χ0) is 14.2. The molecule has 0 bridgehead atoms. The molecule has 1 aliphatic heterocycles. The van der Waals surface area contributed by atoms with E-state index < -0.39 is 0 Å². The second-order valence-electron chi connectivity index (χ2n) is 5.12. The number of nitrogens with zero attached hydrogens (tertiary/aromatic N) is 1. The number of likely N-dealkylation sites (N-methyl/N-ethyl adjacent to an activating group) is 1. The summed E-state index contributed by atoms with van der Waals surface area (Å²) >= 11 is 5.83. The Bertz CT molecular complexity index is 380. The largest absolute Gasteiger partial charge is 0.494 e. The summed E-state index contributed by atoms with van der Waals surface area (Å²) in [7, 11) is 2.13. The molecule has 4 nitrogen and oxygen atoms in total. The second kappa shape index (κ2) is 8.47. The molecular formula is C15H23ClN2O2. The van der Waals surface area contributed by atoms with Crippen molar-refractivity contribution in [2.45, 2.75) is 12.5 Å². The fourth-order valence-corrected chi connectivity index (χ4v) is 2.36. The Balaban J connectivity index is 1.56. The molecule has 0 spiro atoms. The fraction of sp³-hybridized carbons (Fsp3) is 0.600. The van der Waals surface area contributed by atoms with Gasteiger partial charge in [-0.2, -0.15) is 0 Å². The molecule has 0 amide bonds. The number of hydrogen-bond donors (Lipinski definition) is 1. The van der Waals surface area contributed by atoms with Crippen LogP contribution in [0.25, 0.3) is 0 Å². The summed E-state index contributed by atoms with van der Waals surface area (Å²) in [5.41, 5.74) is 0. The van der Waals surface area contributed by atoms with Gasteiger partial charge in [0, 0.05) is 31.2 Å². The SMILES string of the molecule is CN(CCCOc1ccc(Cl)cc1)CC1CNCCO1. The third-order valence-corrected chi connectivity index (χ3v) is 3.54. The van der Waals surface area contributed by atoms with E-state index in [9.17, 15) is 0 Å². The standard InChI is InChI=1S/C15H23ClN2O2/c1-18(12-15-11-17-7-10-20-15)8-2-9-19-14-5-3-13(16)4-6-14/h3-6,15,17H,2,7-12H2,1H3. The molecule has 1 aliphatic rings. The Hall–Kier alpha value is -0.810. The smallest absolute Gasteiger partial charge is 0.119 e. The van der Waals surface area contributed by atoms with E-state index in [-0.39, 0.29) is 0 Å². The summed E-state index contributed by atoms with van der Waals surface area (Å²) in [6.45, 7) is 5.43. The third kappa shape index (κ3) is 5.67. The number of halogens is 1. The van der Waals surface area contributed by atoms with E-state index in [4.69, 9.17) is 21.1 Å². The van der Waals surface area contributed by atoms with Gasteiger partial charge in [-0.25, -0.2) is 0 Å². The summed E-state index contributed by atoms with van der Waals surface area (Å²) in [5, 5.41) is 4.08. The molecule has 0 aromatic heterocycles. The Morgan fingerprint density at radius 2 is 2.20 bits per heavy atom. The van der Waals surface area contributed by atoms with Crippen LogP contribution in [0.15, 0.2) is 24.3 Å². The monoisotopic (exact) mass is 298 g/mol. The maximum absolute atomic E-state index is 5.83. The maximum Gasteiger partial charge on any atom is 0.119 e. The molecule has 1 unspecified atom stereocenters. The van der Waals surface area contributed by atoms with E-state index in [1.165, 1.54) is 0 Å². The molecule has 112 valence electrons. The number of morpholine rings is 1. The fourth-order valence-electron chi connectivity index (χ4n) is 2.23. The second-order valence-corrected chi connectivity index (χ2v) is 5.55. The van der Waals surface area contributed by atoms with Gasteiger partial charge in [0.05, 0.1) is 19.3 Å². The molecule has 1 aromatic rings. The molecule has 2 rings (SSSR count).